The van der Waals surface area contributed by atoms with Crippen molar-refractivity contribution in [3.8, 4) is 6.07 Å². The normalized spacial score (nSPS) is 11.4. The van der Waals surface area contributed by atoms with E-state index in [2.05, 4.69) is 10.6 Å². The number of nitrogens with zero attached hydrogens (tertiary/aromatic N) is 1. The van der Waals surface area contributed by atoms with Crippen molar-refractivity contribution in [2.75, 3.05) is 12.4 Å². The second-order valence-electron chi connectivity index (χ2n) is 3.30. The maximum Gasteiger partial charge on any atom is 0.243 e. The van der Waals surface area contributed by atoms with E-state index < -0.39 is 6.04 Å². The van der Waals surface area contributed by atoms with Crippen molar-refractivity contribution < 1.29 is 4.79 Å². The summed E-state index contributed by atoms with van der Waals surface area (Å²) in [6.07, 6.45) is 0.0694. The number of likely N-dealkylation sites (N-methyl/N-ethyl adjacent to an activating group) is 1. The van der Waals surface area contributed by atoms with Crippen LogP contribution in [0.5, 0.6) is 0 Å². The van der Waals surface area contributed by atoms with Gasteiger partial charge in [-0.3, -0.25) is 4.79 Å². The number of benzene rings is 1. The summed E-state index contributed by atoms with van der Waals surface area (Å²) >= 11 is 11.6. The molecule has 0 bridgehead atoms. The second-order valence-corrected chi connectivity index (χ2v) is 4.12. The fourth-order valence-electron chi connectivity index (χ4n) is 1.26. The molecule has 1 aromatic carbocycles. The quantitative estimate of drug-likeness (QED) is 0.884. The summed E-state index contributed by atoms with van der Waals surface area (Å²) in [5, 5.41) is 14.9. The van der Waals surface area contributed by atoms with Crippen LogP contribution in [0.1, 0.15) is 6.42 Å². The Kier molecular flexibility index (Phi) is 5.08. The number of halogens is 2. The van der Waals surface area contributed by atoms with E-state index in [-0.39, 0.29) is 12.3 Å². The van der Waals surface area contributed by atoms with Crippen LogP contribution in [0.2, 0.25) is 10.0 Å². The number of anilines is 1. The van der Waals surface area contributed by atoms with Gasteiger partial charge in [0, 0.05) is 12.7 Å². The third-order valence-corrected chi connectivity index (χ3v) is 2.86. The lowest BCUT2D eigenvalue weighted by atomic mass is 10.2. The monoisotopic (exact) mass is 271 g/mol. The first-order valence-corrected chi connectivity index (χ1v) is 5.64. The lowest BCUT2D eigenvalue weighted by Crippen LogP contribution is -2.37. The summed E-state index contributed by atoms with van der Waals surface area (Å²) in [5.41, 5.74) is 0.642. The number of hydrogen-bond donors (Lipinski definition) is 2. The number of nitrogens with one attached hydrogen (secondary N) is 2. The van der Waals surface area contributed by atoms with Gasteiger partial charge in [0.15, 0.2) is 0 Å². The Morgan fingerprint density at radius 2 is 2.18 bits per heavy atom. The molecule has 2 N–H and O–H groups in total. The van der Waals surface area contributed by atoms with E-state index in [1.54, 1.807) is 18.2 Å². The van der Waals surface area contributed by atoms with E-state index in [1.165, 1.54) is 7.05 Å². The van der Waals surface area contributed by atoms with Gasteiger partial charge in [-0.25, -0.2) is 0 Å². The first-order valence-electron chi connectivity index (χ1n) is 4.88. The molecule has 0 saturated heterocycles. The molecule has 1 unspecified atom stereocenters. The van der Waals surface area contributed by atoms with E-state index in [9.17, 15) is 4.79 Å². The Hall–Kier alpha value is -1.44. The number of rotatable bonds is 4. The third kappa shape index (κ3) is 3.81. The summed E-state index contributed by atoms with van der Waals surface area (Å²) in [4.78, 5) is 11.5. The van der Waals surface area contributed by atoms with Crippen LogP contribution in [-0.4, -0.2) is 19.0 Å². The molecule has 17 heavy (non-hydrogen) atoms. The van der Waals surface area contributed by atoms with Gasteiger partial charge in [0.2, 0.25) is 5.91 Å². The van der Waals surface area contributed by atoms with E-state index >= 15 is 0 Å². The first-order chi connectivity index (χ1) is 8.08. The van der Waals surface area contributed by atoms with Gasteiger partial charge in [-0.05, 0) is 18.2 Å². The fourth-order valence-corrected chi connectivity index (χ4v) is 1.56. The van der Waals surface area contributed by atoms with E-state index in [4.69, 9.17) is 28.5 Å². The molecule has 0 aliphatic carbocycles. The predicted octanol–water partition coefficient (Wildman–Crippen LogP) is 2.43. The SMILES string of the molecule is CNC(=O)C(CC#N)Nc1ccc(Cl)c(Cl)c1. The Bertz CT molecular complexity index is 457. The largest absolute Gasteiger partial charge is 0.373 e. The zero-order chi connectivity index (χ0) is 12.8. The maximum absolute atomic E-state index is 11.5. The molecule has 1 rings (SSSR count). The van der Waals surface area contributed by atoms with Gasteiger partial charge in [0.1, 0.15) is 6.04 Å². The minimum atomic E-state index is -0.609. The molecule has 1 atom stereocenters. The Morgan fingerprint density at radius 1 is 1.47 bits per heavy atom. The third-order valence-electron chi connectivity index (χ3n) is 2.12. The molecule has 0 aliphatic heterocycles. The smallest absolute Gasteiger partial charge is 0.243 e. The van der Waals surface area contributed by atoms with Crippen LogP contribution in [0.25, 0.3) is 0 Å². The molecule has 4 nitrogen and oxygen atoms in total. The summed E-state index contributed by atoms with van der Waals surface area (Å²) in [6, 6.07) is 6.27. The summed E-state index contributed by atoms with van der Waals surface area (Å²) in [5.74, 6) is -0.252. The molecular weight excluding hydrogens is 261 g/mol. The van der Waals surface area contributed by atoms with Crippen LogP contribution in [0, 0.1) is 11.3 Å². The number of hydrogen-bond acceptors (Lipinski definition) is 3. The van der Waals surface area contributed by atoms with Crippen LogP contribution < -0.4 is 10.6 Å². The van der Waals surface area contributed by atoms with Gasteiger partial charge in [0.05, 0.1) is 22.5 Å². The molecule has 0 saturated carbocycles. The molecule has 90 valence electrons. The van der Waals surface area contributed by atoms with Gasteiger partial charge in [-0.2, -0.15) is 5.26 Å². The van der Waals surface area contributed by atoms with E-state index in [0.29, 0.717) is 15.7 Å². The molecule has 0 aliphatic rings. The standard InChI is InChI=1S/C11H11Cl2N3O/c1-15-11(17)10(4-5-14)16-7-2-3-8(12)9(13)6-7/h2-3,6,10,16H,4H2,1H3,(H,15,17). The molecule has 0 heterocycles. The van der Waals surface area contributed by atoms with Gasteiger partial charge in [-0.15, -0.1) is 0 Å². The van der Waals surface area contributed by atoms with E-state index in [1.807, 2.05) is 6.07 Å². The summed E-state index contributed by atoms with van der Waals surface area (Å²) in [6.45, 7) is 0. The predicted molar refractivity (Wildman–Crippen MR) is 68.2 cm³/mol. The molecule has 6 heteroatoms. The highest BCUT2D eigenvalue weighted by molar-refractivity contribution is 6.42. The molecule has 0 radical (unpaired) electrons. The van der Waals surface area contributed by atoms with Crippen LogP contribution in [0.4, 0.5) is 5.69 Å². The van der Waals surface area contributed by atoms with Crippen LogP contribution in [0.3, 0.4) is 0 Å². The summed E-state index contributed by atoms with van der Waals surface area (Å²) < 4.78 is 0. The molecular formula is C11H11Cl2N3O. The van der Waals surface area contributed by atoms with E-state index in [0.717, 1.165) is 0 Å². The molecule has 0 fully saturated rings. The maximum atomic E-state index is 11.5. The van der Waals surface area contributed by atoms with Gasteiger partial charge in [0.25, 0.3) is 0 Å². The van der Waals surface area contributed by atoms with Crippen LogP contribution in [0.15, 0.2) is 18.2 Å². The van der Waals surface area contributed by atoms with Crippen molar-refractivity contribution in [1.29, 1.82) is 5.26 Å². The van der Waals surface area contributed by atoms with Crippen LogP contribution in [-0.2, 0) is 4.79 Å². The van der Waals surface area contributed by atoms with Gasteiger partial charge >= 0.3 is 0 Å². The van der Waals surface area contributed by atoms with Gasteiger partial charge < -0.3 is 10.6 Å². The van der Waals surface area contributed by atoms with Gasteiger partial charge in [-0.1, -0.05) is 23.2 Å². The Balaban J connectivity index is 2.82. The number of carbonyl (C=O) groups excluding carboxylic acids is 1. The van der Waals surface area contributed by atoms with Crippen molar-refractivity contribution in [1.82, 2.24) is 5.32 Å². The van der Waals surface area contributed by atoms with Crippen molar-refractivity contribution in [3.05, 3.63) is 28.2 Å². The lowest BCUT2D eigenvalue weighted by molar-refractivity contribution is -0.121. The minimum Gasteiger partial charge on any atom is -0.373 e. The average Bonchev–Trinajstić information content (AvgIpc) is 2.32. The zero-order valence-electron chi connectivity index (χ0n) is 9.13. The fraction of sp³-hybridized carbons (Fsp3) is 0.273. The molecule has 0 spiro atoms. The van der Waals surface area contributed by atoms with Crippen LogP contribution >= 0.6 is 23.2 Å². The second kappa shape index (κ2) is 6.33. The van der Waals surface area contributed by atoms with Crippen molar-refractivity contribution in [3.63, 3.8) is 0 Å². The Labute approximate surface area is 110 Å². The topological polar surface area (TPSA) is 64.9 Å². The lowest BCUT2D eigenvalue weighted by Gasteiger charge is -2.15. The van der Waals surface area contributed by atoms with Crippen molar-refractivity contribution in [2.45, 2.75) is 12.5 Å². The number of nitriles is 1. The molecule has 0 aromatic heterocycles. The number of amides is 1. The highest BCUT2D eigenvalue weighted by Gasteiger charge is 2.16. The molecule has 1 aromatic rings. The highest BCUT2D eigenvalue weighted by Crippen LogP contribution is 2.25. The number of carbonyl (C=O) groups is 1. The zero-order valence-corrected chi connectivity index (χ0v) is 10.6. The average molecular weight is 272 g/mol. The summed E-state index contributed by atoms with van der Waals surface area (Å²) in [7, 11) is 1.52. The van der Waals surface area contributed by atoms with Crippen molar-refractivity contribution >= 4 is 34.8 Å². The first kappa shape index (κ1) is 13.6. The molecule has 1 amide bonds. The Morgan fingerprint density at radius 3 is 2.71 bits per heavy atom. The van der Waals surface area contributed by atoms with Crippen molar-refractivity contribution in [2.24, 2.45) is 0 Å². The minimum absolute atomic E-state index is 0.0694. The highest BCUT2D eigenvalue weighted by atomic mass is 35.5.